The quantitative estimate of drug-likeness (QED) is 0.699. The molecule has 3 nitrogen and oxygen atoms in total. The summed E-state index contributed by atoms with van der Waals surface area (Å²) in [5.41, 5.74) is 1.06. The molecule has 5 heteroatoms. The first-order valence-electron chi connectivity index (χ1n) is 9.49. The fourth-order valence-corrected chi connectivity index (χ4v) is 5.94. The lowest BCUT2D eigenvalue weighted by Crippen LogP contribution is -2.40. The van der Waals surface area contributed by atoms with E-state index in [9.17, 15) is 12.8 Å². The topological polar surface area (TPSA) is 37.4 Å². The van der Waals surface area contributed by atoms with Crippen molar-refractivity contribution in [3.8, 4) is 0 Å². The summed E-state index contributed by atoms with van der Waals surface area (Å²) in [5.74, 6) is -0.0915. The molecule has 1 fully saturated rings. The van der Waals surface area contributed by atoms with E-state index in [1.165, 1.54) is 0 Å². The minimum atomic E-state index is -3.57. The van der Waals surface area contributed by atoms with Gasteiger partial charge in [0, 0.05) is 24.4 Å². The zero-order chi connectivity index (χ0) is 19.0. The van der Waals surface area contributed by atoms with Crippen LogP contribution in [-0.4, -0.2) is 25.8 Å². The SMILES string of the molecule is Cc1ccc(S(=O)(=O)N2CCC(C3C=CCC=C3F)CC2)c2ccccc12. The van der Waals surface area contributed by atoms with Crippen molar-refractivity contribution in [3.05, 3.63) is 66.0 Å². The third-order valence-electron chi connectivity index (χ3n) is 5.84. The van der Waals surface area contributed by atoms with Gasteiger partial charge in [0.1, 0.15) is 5.83 Å². The zero-order valence-corrected chi connectivity index (χ0v) is 16.3. The van der Waals surface area contributed by atoms with Crippen molar-refractivity contribution < 1.29 is 12.8 Å². The second-order valence-electron chi connectivity index (χ2n) is 7.45. The van der Waals surface area contributed by atoms with Crippen LogP contribution in [0.3, 0.4) is 0 Å². The minimum absolute atomic E-state index is 0.0664. The van der Waals surface area contributed by atoms with Crippen LogP contribution in [0.5, 0.6) is 0 Å². The summed E-state index contributed by atoms with van der Waals surface area (Å²) >= 11 is 0. The maximum absolute atomic E-state index is 14.1. The number of halogens is 1. The number of nitrogens with zero attached hydrogens (tertiary/aromatic N) is 1. The Bertz CT molecular complexity index is 1020. The van der Waals surface area contributed by atoms with E-state index in [2.05, 4.69) is 0 Å². The van der Waals surface area contributed by atoms with Gasteiger partial charge in [0.05, 0.1) is 4.90 Å². The molecule has 1 heterocycles. The Morgan fingerprint density at radius 1 is 1.04 bits per heavy atom. The number of aryl methyl sites for hydroxylation is 1. The highest BCUT2D eigenvalue weighted by Crippen LogP contribution is 2.36. The molecule has 0 amide bonds. The Morgan fingerprint density at radius 2 is 1.74 bits per heavy atom. The van der Waals surface area contributed by atoms with E-state index in [4.69, 9.17) is 0 Å². The van der Waals surface area contributed by atoms with E-state index >= 15 is 0 Å². The van der Waals surface area contributed by atoms with Gasteiger partial charge in [0.15, 0.2) is 0 Å². The summed E-state index contributed by atoms with van der Waals surface area (Å²) < 4.78 is 42.3. The molecule has 2 aromatic rings. The summed E-state index contributed by atoms with van der Waals surface area (Å²) in [5, 5.41) is 1.73. The third kappa shape index (κ3) is 3.34. The van der Waals surface area contributed by atoms with Gasteiger partial charge in [0.25, 0.3) is 0 Å². The van der Waals surface area contributed by atoms with Crippen LogP contribution in [0.15, 0.2) is 65.3 Å². The summed E-state index contributed by atoms with van der Waals surface area (Å²) in [7, 11) is -3.57. The first-order valence-corrected chi connectivity index (χ1v) is 10.9. The summed E-state index contributed by atoms with van der Waals surface area (Å²) in [6, 6.07) is 11.2. The van der Waals surface area contributed by atoms with Crippen LogP contribution in [0.4, 0.5) is 4.39 Å². The molecule has 1 unspecified atom stereocenters. The number of piperidine rings is 1. The molecule has 0 aromatic heterocycles. The number of rotatable bonds is 3. The molecule has 0 saturated carbocycles. The molecular weight excluding hydrogens is 361 g/mol. The molecule has 2 aromatic carbocycles. The molecule has 4 rings (SSSR count). The van der Waals surface area contributed by atoms with Crippen LogP contribution < -0.4 is 0 Å². The Kier molecular flexibility index (Phi) is 4.91. The fourth-order valence-electron chi connectivity index (χ4n) is 4.28. The molecule has 0 N–H and O–H groups in total. The first kappa shape index (κ1) is 18.4. The normalized spacial score (nSPS) is 22.1. The van der Waals surface area contributed by atoms with Crippen LogP contribution in [0.1, 0.15) is 24.8 Å². The van der Waals surface area contributed by atoms with Crippen molar-refractivity contribution in [1.82, 2.24) is 4.31 Å². The molecule has 1 aliphatic heterocycles. The molecule has 0 bridgehead atoms. The van der Waals surface area contributed by atoms with E-state index in [1.807, 2.05) is 49.4 Å². The second-order valence-corrected chi connectivity index (χ2v) is 9.35. The van der Waals surface area contributed by atoms with Gasteiger partial charge in [-0.1, -0.05) is 42.5 Å². The van der Waals surface area contributed by atoms with Gasteiger partial charge in [-0.2, -0.15) is 4.31 Å². The Hall–Kier alpha value is -1.98. The van der Waals surface area contributed by atoms with Crippen LogP contribution in [-0.2, 0) is 10.0 Å². The maximum Gasteiger partial charge on any atom is 0.243 e. The van der Waals surface area contributed by atoms with Crippen LogP contribution in [0.2, 0.25) is 0 Å². The van der Waals surface area contributed by atoms with Crippen molar-refractivity contribution in [2.45, 2.75) is 31.1 Å². The van der Waals surface area contributed by atoms with Crippen molar-refractivity contribution in [3.63, 3.8) is 0 Å². The molecule has 0 radical (unpaired) electrons. The Morgan fingerprint density at radius 3 is 2.44 bits per heavy atom. The Balaban J connectivity index is 1.58. The predicted molar refractivity (Wildman–Crippen MR) is 107 cm³/mol. The molecule has 1 aliphatic carbocycles. The summed E-state index contributed by atoms with van der Waals surface area (Å²) in [4.78, 5) is 0.366. The first-order chi connectivity index (χ1) is 13.0. The van der Waals surface area contributed by atoms with Gasteiger partial charge < -0.3 is 0 Å². The van der Waals surface area contributed by atoms with Crippen molar-refractivity contribution >= 4 is 20.8 Å². The standard InChI is InChI=1S/C22H24FNO2S/c1-16-10-11-22(20-8-3-2-6-18(16)20)27(25,26)24-14-12-17(13-15-24)19-7-4-5-9-21(19)23/h2-4,6-11,17,19H,5,12-15H2,1H3. The van der Waals surface area contributed by atoms with E-state index in [0.29, 0.717) is 37.2 Å². The number of allylic oxidation sites excluding steroid dienone is 4. The van der Waals surface area contributed by atoms with E-state index in [0.717, 1.165) is 16.3 Å². The lowest BCUT2D eigenvalue weighted by molar-refractivity contribution is 0.231. The number of fused-ring (bicyclic) bond motifs is 1. The smallest absolute Gasteiger partial charge is 0.212 e. The van der Waals surface area contributed by atoms with Gasteiger partial charge in [-0.25, -0.2) is 12.8 Å². The van der Waals surface area contributed by atoms with E-state index < -0.39 is 10.0 Å². The van der Waals surface area contributed by atoms with Gasteiger partial charge in [-0.3, -0.25) is 0 Å². The van der Waals surface area contributed by atoms with Gasteiger partial charge in [0.2, 0.25) is 10.0 Å². The predicted octanol–water partition coefficient (Wildman–Crippen LogP) is 4.98. The monoisotopic (exact) mass is 385 g/mol. The minimum Gasteiger partial charge on any atom is -0.212 e. The zero-order valence-electron chi connectivity index (χ0n) is 15.4. The average Bonchev–Trinajstić information content (AvgIpc) is 2.69. The van der Waals surface area contributed by atoms with Crippen molar-refractivity contribution in [2.24, 2.45) is 11.8 Å². The number of hydrogen-bond acceptors (Lipinski definition) is 2. The second kappa shape index (κ2) is 7.21. The average molecular weight is 386 g/mol. The summed E-state index contributed by atoms with van der Waals surface area (Å²) in [6.07, 6.45) is 7.58. The highest BCUT2D eigenvalue weighted by atomic mass is 32.2. The molecule has 1 saturated heterocycles. The van der Waals surface area contributed by atoms with Crippen LogP contribution >= 0.6 is 0 Å². The fraction of sp³-hybridized carbons (Fsp3) is 0.364. The largest absolute Gasteiger partial charge is 0.243 e. The molecule has 27 heavy (non-hydrogen) atoms. The highest BCUT2D eigenvalue weighted by Gasteiger charge is 2.34. The molecule has 142 valence electrons. The summed E-state index contributed by atoms with van der Waals surface area (Å²) in [6.45, 7) is 2.86. The molecule has 0 spiro atoms. The Labute approximate surface area is 160 Å². The van der Waals surface area contributed by atoms with E-state index in [-0.39, 0.29) is 17.7 Å². The third-order valence-corrected chi connectivity index (χ3v) is 7.79. The van der Waals surface area contributed by atoms with Crippen molar-refractivity contribution in [1.29, 1.82) is 0 Å². The lowest BCUT2D eigenvalue weighted by Gasteiger charge is -2.34. The maximum atomic E-state index is 14.1. The van der Waals surface area contributed by atoms with E-state index in [1.54, 1.807) is 16.4 Å². The van der Waals surface area contributed by atoms with Gasteiger partial charge in [-0.15, -0.1) is 0 Å². The van der Waals surface area contributed by atoms with Gasteiger partial charge in [-0.05, 0) is 55.2 Å². The number of benzene rings is 2. The lowest BCUT2D eigenvalue weighted by atomic mass is 9.82. The highest BCUT2D eigenvalue weighted by molar-refractivity contribution is 7.89. The number of hydrogen-bond donors (Lipinski definition) is 0. The number of sulfonamides is 1. The van der Waals surface area contributed by atoms with Crippen LogP contribution in [0.25, 0.3) is 10.8 Å². The molecule has 2 aliphatic rings. The van der Waals surface area contributed by atoms with Gasteiger partial charge >= 0.3 is 0 Å². The van der Waals surface area contributed by atoms with Crippen LogP contribution in [0, 0.1) is 18.8 Å². The molecule has 1 atom stereocenters. The molecular formula is C22H24FNO2S. The van der Waals surface area contributed by atoms with Crippen molar-refractivity contribution in [2.75, 3.05) is 13.1 Å².